The summed E-state index contributed by atoms with van der Waals surface area (Å²) < 4.78 is 28.5. The van der Waals surface area contributed by atoms with Gasteiger partial charge in [-0.2, -0.15) is 0 Å². The van der Waals surface area contributed by atoms with Crippen molar-refractivity contribution in [3.63, 3.8) is 0 Å². The summed E-state index contributed by atoms with van der Waals surface area (Å²) in [5, 5.41) is 16.0. The number of H-pyrrole nitrogens is 1. The van der Waals surface area contributed by atoms with Gasteiger partial charge >= 0.3 is 0 Å². The molecule has 2 aromatic heterocycles. The number of aliphatic hydroxyl groups excluding tert-OH is 1. The molecule has 5 N–H and O–H groups in total. The van der Waals surface area contributed by atoms with Crippen LogP contribution < -0.4 is 15.4 Å². The van der Waals surface area contributed by atoms with Crippen LogP contribution >= 0.6 is 11.6 Å². The fourth-order valence-electron chi connectivity index (χ4n) is 4.07. The number of nitrogens with zero attached hydrogens (tertiary/aromatic N) is 2. The summed E-state index contributed by atoms with van der Waals surface area (Å²) in [6.07, 6.45) is 3.88. The monoisotopic (exact) mass is 576 g/mol. The van der Waals surface area contributed by atoms with Gasteiger partial charge in [-0.25, -0.2) is 18.4 Å². The van der Waals surface area contributed by atoms with Crippen LogP contribution in [0.1, 0.15) is 12.8 Å². The van der Waals surface area contributed by atoms with Gasteiger partial charge in [0, 0.05) is 47.1 Å². The molecule has 204 valence electrons. The highest BCUT2D eigenvalue weighted by molar-refractivity contribution is 7.92. The van der Waals surface area contributed by atoms with Crippen molar-refractivity contribution in [1.29, 1.82) is 0 Å². The molecule has 0 aliphatic heterocycles. The van der Waals surface area contributed by atoms with E-state index in [-0.39, 0.29) is 23.8 Å². The number of aliphatic hydroxyl groups is 1. The summed E-state index contributed by atoms with van der Waals surface area (Å²) in [6.45, 7) is -0.0776. The number of aromatic amines is 1. The Bertz CT molecular complexity index is 1770. The van der Waals surface area contributed by atoms with E-state index in [4.69, 9.17) is 16.7 Å². The Morgan fingerprint density at radius 1 is 0.975 bits per heavy atom. The lowest BCUT2D eigenvalue weighted by molar-refractivity contribution is -0.116. The predicted molar refractivity (Wildman–Crippen MR) is 156 cm³/mol. The predicted octanol–water partition coefficient (Wildman–Crippen LogP) is 5.53. The molecule has 12 heteroatoms. The largest absolute Gasteiger partial charge is 0.396 e. The number of rotatable bonds is 10. The number of halogens is 1. The molecular weight excluding hydrogens is 552 g/mol. The molecule has 0 atom stereocenters. The second-order valence-electron chi connectivity index (χ2n) is 8.85. The maximum Gasteiger partial charge on any atom is 0.261 e. The number of hydrogen-bond acceptors (Lipinski definition) is 7. The van der Waals surface area contributed by atoms with Gasteiger partial charge in [-0.05, 0) is 55.0 Å². The standard InChI is InChI=1S/C28H25ClN6O4S/c29-24-17-31-28(34-27(24)23-16-30-25-8-2-1-7-22(23)25)33-19-5-3-6-20(15-19)35-40(38,39)21-12-10-18(11-13-21)32-26(37)9-4-14-36/h1-3,5-8,10-13,15-17,30,35-36H,4,9,14H2,(H,32,37)(H,31,33,34). The topological polar surface area (TPSA) is 149 Å². The summed E-state index contributed by atoms with van der Waals surface area (Å²) in [5.74, 6) is 0.0339. The van der Waals surface area contributed by atoms with Gasteiger partial charge in [0.05, 0.1) is 27.5 Å². The number of para-hydroxylation sites is 1. The normalized spacial score (nSPS) is 11.3. The molecule has 0 bridgehead atoms. The Kier molecular flexibility index (Phi) is 7.96. The highest BCUT2D eigenvalue weighted by Crippen LogP contribution is 2.33. The molecule has 1 amide bonds. The number of carbonyl (C=O) groups excluding carboxylic acids is 1. The lowest BCUT2D eigenvalue weighted by Crippen LogP contribution is -2.14. The van der Waals surface area contributed by atoms with Crippen molar-refractivity contribution in [3.05, 3.63) is 90.2 Å². The molecule has 2 heterocycles. The number of anilines is 4. The molecule has 0 fully saturated rings. The Morgan fingerprint density at radius 3 is 2.55 bits per heavy atom. The highest BCUT2D eigenvalue weighted by atomic mass is 35.5. The second kappa shape index (κ2) is 11.7. The Hall–Kier alpha value is -4.45. The van der Waals surface area contributed by atoms with Crippen molar-refractivity contribution in [2.45, 2.75) is 17.7 Å². The van der Waals surface area contributed by atoms with Gasteiger partial charge in [0.25, 0.3) is 10.0 Å². The van der Waals surface area contributed by atoms with Crippen molar-refractivity contribution < 1.29 is 18.3 Å². The Labute approximate surface area is 235 Å². The Morgan fingerprint density at radius 2 is 1.75 bits per heavy atom. The number of aromatic nitrogens is 3. The van der Waals surface area contributed by atoms with Crippen LogP contribution in [0.15, 0.2) is 90.1 Å². The van der Waals surface area contributed by atoms with Crippen LogP contribution in [-0.4, -0.2) is 41.0 Å². The van der Waals surface area contributed by atoms with Crippen molar-refractivity contribution in [2.24, 2.45) is 0 Å². The van der Waals surface area contributed by atoms with Gasteiger partial charge in [-0.15, -0.1) is 0 Å². The van der Waals surface area contributed by atoms with E-state index in [1.807, 2.05) is 30.5 Å². The maximum atomic E-state index is 13.0. The van der Waals surface area contributed by atoms with Gasteiger partial charge < -0.3 is 20.7 Å². The minimum atomic E-state index is -3.90. The quantitative estimate of drug-likeness (QED) is 0.147. The summed E-state index contributed by atoms with van der Waals surface area (Å²) in [5.41, 5.74) is 3.71. The zero-order chi connectivity index (χ0) is 28.1. The van der Waals surface area contributed by atoms with Gasteiger partial charge in [0.1, 0.15) is 0 Å². The van der Waals surface area contributed by atoms with Crippen LogP contribution in [0.2, 0.25) is 5.02 Å². The first-order valence-corrected chi connectivity index (χ1v) is 14.2. The van der Waals surface area contributed by atoms with Crippen molar-refractivity contribution in [1.82, 2.24) is 15.0 Å². The lowest BCUT2D eigenvalue weighted by Gasteiger charge is -2.12. The van der Waals surface area contributed by atoms with E-state index < -0.39 is 10.0 Å². The molecule has 0 aliphatic rings. The second-order valence-corrected chi connectivity index (χ2v) is 10.9. The first-order valence-electron chi connectivity index (χ1n) is 12.3. The summed E-state index contributed by atoms with van der Waals surface area (Å²) >= 11 is 6.43. The Balaban J connectivity index is 1.30. The van der Waals surface area contributed by atoms with Gasteiger partial charge in [-0.1, -0.05) is 35.9 Å². The third-order valence-electron chi connectivity index (χ3n) is 5.97. The molecule has 0 spiro atoms. The molecule has 40 heavy (non-hydrogen) atoms. The first-order chi connectivity index (χ1) is 19.3. The number of fused-ring (bicyclic) bond motifs is 1. The van der Waals surface area contributed by atoms with E-state index in [9.17, 15) is 13.2 Å². The van der Waals surface area contributed by atoms with E-state index in [1.165, 1.54) is 30.5 Å². The van der Waals surface area contributed by atoms with E-state index in [0.717, 1.165) is 16.5 Å². The number of carbonyl (C=O) groups is 1. The van der Waals surface area contributed by atoms with E-state index >= 15 is 0 Å². The molecule has 3 aromatic carbocycles. The van der Waals surface area contributed by atoms with Gasteiger partial charge in [0.2, 0.25) is 11.9 Å². The van der Waals surface area contributed by atoms with Gasteiger partial charge in [0.15, 0.2) is 0 Å². The van der Waals surface area contributed by atoms with E-state index in [1.54, 1.807) is 24.3 Å². The number of benzene rings is 3. The number of hydrogen-bond donors (Lipinski definition) is 5. The van der Waals surface area contributed by atoms with Crippen LogP contribution in [-0.2, 0) is 14.8 Å². The third-order valence-corrected chi connectivity index (χ3v) is 7.64. The van der Waals surface area contributed by atoms with Crippen LogP contribution in [0.25, 0.3) is 22.2 Å². The molecule has 0 saturated carbocycles. The molecule has 0 unspecified atom stereocenters. The van der Waals surface area contributed by atoms with Crippen molar-refractivity contribution in [3.8, 4) is 11.3 Å². The van der Waals surface area contributed by atoms with E-state index in [0.29, 0.717) is 40.1 Å². The maximum absolute atomic E-state index is 13.0. The average molecular weight is 577 g/mol. The SMILES string of the molecule is O=C(CCCO)Nc1ccc(S(=O)(=O)Nc2cccc(Nc3ncc(Cl)c(-c4c[nH]c5ccccc45)n3)c2)cc1. The smallest absolute Gasteiger partial charge is 0.261 e. The van der Waals surface area contributed by atoms with Crippen LogP contribution in [0.5, 0.6) is 0 Å². The fourth-order valence-corrected chi connectivity index (χ4v) is 5.31. The third kappa shape index (κ3) is 6.23. The van der Waals surface area contributed by atoms with Crippen LogP contribution in [0.4, 0.5) is 23.0 Å². The molecule has 0 aliphatic carbocycles. The first kappa shape index (κ1) is 27.1. The van der Waals surface area contributed by atoms with Crippen LogP contribution in [0.3, 0.4) is 0 Å². The van der Waals surface area contributed by atoms with Crippen molar-refractivity contribution in [2.75, 3.05) is 22.0 Å². The highest BCUT2D eigenvalue weighted by Gasteiger charge is 2.16. The number of sulfonamides is 1. The molecule has 0 radical (unpaired) electrons. The lowest BCUT2D eigenvalue weighted by atomic mass is 10.1. The zero-order valence-corrected chi connectivity index (χ0v) is 22.6. The molecule has 5 rings (SSSR count). The zero-order valence-electron chi connectivity index (χ0n) is 21.1. The fraction of sp³-hybridized carbons (Fsp3) is 0.107. The molecule has 0 saturated heterocycles. The van der Waals surface area contributed by atoms with Gasteiger partial charge in [-0.3, -0.25) is 9.52 Å². The number of amides is 1. The minimum Gasteiger partial charge on any atom is -0.396 e. The van der Waals surface area contributed by atoms with Crippen molar-refractivity contribution >= 4 is 61.4 Å². The summed E-state index contributed by atoms with van der Waals surface area (Å²) in [7, 11) is -3.90. The summed E-state index contributed by atoms with van der Waals surface area (Å²) in [4.78, 5) is 24.0. The van der Waals surface area contributed by atoms with E-state index in [2.05, 4.69) is 30.3 Å². The average Bonchev–Trinajstić information content (AvgIpc) is 3.37. The molecule has 5 aromatic rings. The molecule has 10 nitrogen and oxygen atoms in total. The summed E-state index contributed by atoms with van der Waals surface area (Å²) in [6, 6.07) is 20.3. The van der Waals surface area contributed by atoms with Crippen LogP contribution in [0, 0.1) is 0 Å². The minimum absolute atomic E-state index is 0.0311. The molecular formula is C28H25ClN6O4S. The number of nitrogens with one attached hydrogen (secondary N) is 4.